The predicted octanol–water partition coefficient (Wildman–Crippen LogP) is 5.13. The van der Waals surface area contributed by atoms with Gasteiger partial charge in [0, 0.05) is 16.0 Å². The van der Waals surface area contributed by atoms with Gasteiger partial charge in [-0.15, -0.1) is 5.10 Å². The van der Waals surface area contributed by atoms with Crippen molar-refractivity contribution in [2.24, 2.45) is 0 Å². The molecule has 1 aliphatic carbocycles. The fraction of sp³-hybridized carbons (Fsp3) is 0.250. The Hall–Kier alpha value is -3.05. The molecule has 1 aromatic heterocycles. The molecule has 148 valence electrons. The maximum Gasteiger partial charge on any atom is 0.416 e. The number of benzene rings is 2. The van der Waals surface area contributed by atoms with Crippen LogP contribution in [0.5, 0.6) is 5.75 Å². The second kappa shape index (κ2) is 7.08. The monoisotopic (exact) mass is 418 g/mol. The highest BCUT2D eigenvalue weighted by Gasteiger charge is 2.45. The zero-order valence-corrected chi connectivity index (χ0v) is 15.7. The lowest BCUT2D eigenvalue weighted by molar-refractivity contribution is -0.137. The second-order valence-electron chi connectivity index (χ2n) is 6.95. The fourth-order valence-corrected chi connectivity index (χ4v) is 3.31. The molecule has 0 radical (unpaired) electrons. The minimum Gasteiger partial charge on any atom is -0.493 e. The fourth-order valence-electron chi connectivity index (χ4n) is 3.19. The third-order valence-corrected chi connectivity index (χ3v) is 5.24. The van der Waals surface area contributed by atoms with Crippen LogP contribution < -0.4 is 4.74 Å². The van der Waals surface area contributed by atoms with Crippen LogP contribution in [-0.2, 0) is 11.6 Å². The van der Waals surface area contributed by atoms with Crippen molar-refractivity contribution in [1.82, 2.24) is 15.4 Å². The zero-order chi connectivity index (χ0) is 20.6. The zero-order valence-electron chi connectivity index (χ0n) is 14.9. The van der Waals surface area contributed by atoms with Gasteiger partial charge in [-0.25, -0.2) is 0 Å². The molecule has 0 spiro atoms. The summed E-state index contributed by atoms with van der Waals surface area (Å²) in [5, 5.41) is 19.4. The van der Waals surface area contributed by atoms with Crippen LogP contribution in [0.1, 0.15) is 29.7 Å². The third kappa shape index (κ3) is 3.91. The summed E-state index contributed by atoms with van der Waals surface area (Å²) in [4.78, 5) is 0. The van der Waals surface area contributed by atoms with Crippen molar-refractivity contribution < 1.29 is 17.9 Å². The molecule has 5 nitrogen and oxygen atoms in total. The molecular formula is C20H14ClF3N4O. The first-order valence-corrected chi connectivity index (χ1v) is 9.11. The van der Waals surface area contributed by atoms with Gasteiger partial charge in [0.2, 0.25) is 0 Å². The largest absolute Gasteiger partial charge is 0.493 e. The van der Waals surface area contributed by atoms with Crippen LogP contribution >= 0.6 is 11.6 Å². The highest BCUT2D eigenvalue weighted by molar-refractivity contribution is 6.30. The molecule has 0 aliphatic heterocycles. The lowest BCUT2D eigenvalue weighted by Crippen LogP contribution is -2.18. The molecule has 1 heterocycles. The average Bonchev–Trinajstić information content (AvgIpc) is 3.33. The van der Waals surface area contributed by atoms with Gasteiger partial charge in [-0.1, -0.05) is 23.7 Å². The Morgan fingerprint density at radius 3 is 2.48 bits per heavy atom. The smallest absolute Gasteiger partial charge is 0.416 e. The molecule has 0 bridgehead atoms. The summed E-state index contributed by atoms with van der Waals surface area (Å²) < 4.78 is 45.9. The van der Waals surface area contributed by atoms with E-state index >= 15 is 0 Å². The van der Waals surface area contributed by atoms with Crippen LogP contribution in [0.25, 0.3) is 11.3 Å². The minimum atomic E-state index is -4.57. The topological polar surface area (TPSA) is 74.6 Å². The van der Waals surface area contributed by atoms with Gasteiger partial charge in [0.1, 0.15) is 17.5 Å². The Kier molecular flexibility index (Phi) is 4.71. The van der Waals surface area contributed by atoms with E-state index in [0.717, 1.165) is 30.5 Å². The van der Waals surface area contributed by atoms with Crippen molar-refractivity contribution >= 4 is 11.6 Å². The molecule has 29 heavy (non-hydrogen) atoms. The van der Waals surface area contributed by atoms with Crippen LogP contribution in [0.2, 0.25) is 5.02 Å². The maximum atomic E-state index is 13.4. The first kappa shape index (κ1) is 19.3. The van der Waals surface area contributed by atoms with Crippen LogP contribution in [0.4, 0.5) is 13.2 Å². The van der Waals surface area contributed by atoms with E-state index in [1.54, 1.807) is 18.2 Å². The van der Waals surface area contributed by atoms with E-state index in [2.05, 4.69) is 15.4 Å². The van der Waals surface area contributed by atoms with E-state index in [1.807, 2.05) is 12.1 Å². The number of rotatable bonds is 5. The van der Waals surface area contributed by atoms with Gasteiger partial charge in [-0.3, -0.25) is 0 Å². The summed E-state index contributed by atoms with van der Waals surface area (Å²) in [6.45, 7) is 0.235. The number of halogens is 4. The van der Waals surface area contributed by atoms with Crippen LogP contribution in [0, 0.1) is 11.3 Å². The van der Waals surface area contributed by atoms with Crippen molar-refractivity contribution in [2.45, 2.75) is 24.4 Å². The van der Waals surface area contributed by atoms with Gasteiger partial charge in [0.05, 0.1) is 12.2 Å². The van der Waals surface area contributed by atoms with Crippen molar-refractivity contribution in [3.8, 4) is 23.1 Å². The van der Waals surface area contributed by atoms with Crippen LogP contribution in [0.3, 0.4) is 0 Å². The molecule has 9 heteroatoms. The molecule has 3 aromatic rings. The number of hydrogen-bond donors (Lipinski definition) is 1. The number of nitrogens with zero attached hydrogens (tertiary/aromatic N) is 3. The van der Waals surface area contributed by atoms with E-state index < -0.39 is 11.7 Å². The number of nitriles is 1. The van der Waals surface area contributed by atoms with Gasteiger partial charge in [-0.05, 0) is 48.7 Å². The molecule has 0 atom stereocenters. The molecule has 1 fully saturated rings. The quantitative estimate of drug-likeness (QED) is 0.623. The standard InChI is InChI=1S/C20H14ClF3N4O/c21-15-3-1-13(2-4-15)19(5-6-19)11-29-16-8-12(7-14(9-16)20(22,23)24)18-17(10-25)26-28-27-18/h1-4,7-9H,5-6,11H2,(H,26,27,28). The minimum absolute atomic E-state index is 0.0438. The van der Waals surface area contributed by atoms with E-state index in [1.165, 1.54) is 6.07 Å². The van der Waals surface area contributed by atoms with E-state index in [0.29, 0.717) is 5.02 Å². The third-order valence-electron chi connectivity index (χ3n) is 4.99. The van der Waals surface area contributed by atoms with Crippen molar-refractivity contribution in [2.75, 3.05) is 6.61 Å². The van der Waals surface area contributed by atoms with E-state index in [-0.39, 0.29) is 34.7 Å². The summed E-state index contributed by atoms with van der Waals surface area (Å²) in [6, 6.07) is 12.5. The van der Waals surface area contributed by atoms with Crippen LogP contribution in [-0.4, -0.2) is 22.0 Å². The first-order valence-electron chi connectivity index (χ1n) is 8.73. The van der Waals surface area contributed by atoms with E-state index in [4.69, 9.17) is 21.6 Å². The van der Waals surface area contributed by atoms with Gasteiger partial charge in [-0.2, -0.15) is 28.7 Å². The molecule has 4 rings (SSSR count). The molecule has 1 N–H and O–H groups in total. The van der Waals surface area contributed by atoms with Crippen molar-refractivity contribution in [3.05, 3.63) is 64.3 Å². The highest BCUT2D eigenvalue weighted by atomic mass is 35.5. The number of alkyl halides is 3. The first-order chi connectivity index (χ1) is 13.8. The van der Waals surface area contributed by atoms with Gasteiger partial charge < -0.3 is 4.74 Å². The lowest BCUT2D eigenvalue weighted by atomic mass is 9.97. The highest BCUT2D eigenvalue weighted by Crippen LogP contribution is 2.49. The Bertz CT molecular complexity index is 1080. The van der Waals surface area contributed by atoms with Gasteiger partial charge in [0.25, 0.3) is 0 Å². The van der Waals surface area contributed by atoms with Gasteiger partial charge in [0.15, 0.2) is 5.69 Å². The molecule has 0 unspecified atom stereocenters. The Labute approximate surface area is 169 Å². The summed E-state index contributed by atoms with van der Waals surface area (Å²) >= 11 is 5.93. The second-order valence-corrected chi connectivity index (χ2v) is 7.39. The van der Waals surface area contributed by atoms with Crippen LogP contribution in [0.15, 0.2) is 42.5 Å². The normalized spacial score (nSPS) is 15.0. The summed E-state index contributed by atoms with van der Waals surface area (Å²) in [6.07, 6.45) is -2.82. The molecular weight excluding hydrogens is 405 g/mol. The Balaban J connectivity index is 1.64. The predicted molar refractivity (Wildman–Crippen MR) is 99.4 cm³/mol. The van der Waals surface area contributed by atoms with E-state index in [9.17, 15) is 13.2 Å². The maximum absolute atomic E-state index is 13.4. The summed E-state index contributed by atoms with van der Waals surface area (Å²) in [5.41, 5.74) is -0.00974. The SMILES string of the molecule is N#Cc1n[nH]nc1-c1cc(OCC2(c3ccc(Cl)cc3)CC2)cc(C(F)(F)F)c1. The average molecular weight is 419 g/mol. The number of nitrogens with one attached hydrogen (secondary N) is 1. The van der Waals surface area contributed by atoms with Crippen molar-refractivity contribution in [3.63, 3.8) is 0 Å². The van der Waals surface area contributed by atoms with Gasteiger partial charge >= 0.3 is 6.18 Å². The number of aromatic amines is 1. The number of ether oxygens (including phenoxy) is 1. The number of hydrogen-bond acceptors (Lipinski definition) is 4. The number of aromatic nitrogens is 3. The van der Waals surface area contributed by atoms with Crippen molar-refractivity contribution in [1.29, 1.82) is 5.26 Å². The molecule has 0 saturated heterocycles. The molecule has 2 aromatic carbocycles. The molecule has 1 saturated carbocycles. The molecule has 1 aliphatic rings. The Morgan fingerprint density at radius 1 is 1.14 bits per heavy atom. The molecule has 0 amide bonds. The summed E-state index contributed by atoms with van der Waals surface area (Å²) in [5.74, 6) is 0.0574. The number of H-pyrrole nitrogens is 1. The Morgan fingerprint density at radius 2 is 1.86 bits per heavy atom. The summed E-state index contributed by atoms with van der Waals surface area (Å²) in [7, 11) is 0. The lowest BCUT2D eigenvalue weighted by Gasteiger charge is -2.18.